The van der Waals surface area contributed by atoms with Crippen molar-refractivity contribution >= 4 is 43.8 Å². The number of halogens is 3. The lowest BCUT2D eigenvalue weighted by molar-refractivity contribution is 0.0720. The number of benzene rings is 1. The predicted molar refractivity (Wildman–Crippen MR) is 99.1 cm³/mol. The highest BCUT2D eigenvalue weighted by Gasteiger charge is 2.20. The van der Waals surface area contributed by atoms with Gasteiger partial charge in [-0.05, 0) is 25.1 Å². The Morgan fingerprint density at radius 3 is 2.85 bits per heavy atom. The van der Waals surface area contributed by atoms with Gasteiger partial charge >= 0.3 is 6.55 Å². The molecule has 1 amide bonds. The average molecular weight is 408 g/mol. The van der Waals surface area contributed by atoms with Gasteiger partial charge in [0.15, 0.2) is 11.0 Å². The quantitative estimate of drug-likeness (QED) is 0.497. The number of anilines is 1. The van der Waals surface area contributed by atoms with Gasteiger partial charge in [0.25, 0.3) is 5.91 Å². The number of imidazole rings is 1. The lowest BCUT2D eigenvalue weighted by atomic mass is 10.2. The van der Waals surface area contributed by atoms with Crippen molar-refractivity contribution in [3.8, 4) is 10.7 Å². The van der Waals surface area contributed by atoms with Gasteiger partial charge < -0.3 is 0 Å². The molecule has 0 aliphatic heterocycles. The number of nitrogens with one attached hydrogen (secondary N) is 1. The Kier molecular flexibility index (Phi) is 4.44. The maximum atomic E-state index is 13.8. The van der Waals surface area contributed by atoms with Crippen LogP contribution in [0.5, 0.6) is 0 Å². The molecule has 3 heterocycles. The minimum Gasteiger partial charge on any atom is -0.297 e. The number of nitrogens with zero attached hydrogens (tertiary/aromatic N) is 3. The molecule has 0 aliphatic carbocycles. The Morgan fingerprint density at radius 2 is 2.11 bits per heavy atom. The largest absolute Gasteiger partial charge is 0.320 e. The number of carbonyl (C=O) groups is 1. The molecule has 138 valence electrons. The van der Waals surface area contributed by atoms with Crippen molar-refractivity contribution in [1.29, 1.82) is 0 Å². The molecule has 0 spiro atoms. The van der Waals surface area contributed by atoms with E-state index in [2.05, 4.69) is 15.3 Å². The Labute approximate surface area is 159 Å². The van der Waals surface area contributed by atoms with Crippen LogP contribution < -0.4 is 5.32 Å². The summed E-state index contributed by atoms with van der Waals surface area (Å²) in [6.45, 7) is -1.07. The normalized spacial score (nSPS) is 11.4. The van der Waals surface area contributed by atoms with Crippen LogP contribution in [0.1, 0.15) is 21.9 Å². The fourth-order valence-corrected chi connectivity index (χ4v) is 4.53. The van der Waals surface area contributed by atoms with Crippen LogP contribution in [0.25, 0.3) is 20.8 Å². The van der Waals surface area contributed by atoms with E-state index in [4.69, 9.17) is 0 Å². The third-order valence-corrected chi connectivity index (χ3v) is 6.00. The molecule has 0 unspecified atom stereocenters. The number of fused-ring (bicyclic) bond motifs is 1. The first-order chi connectivity index (χ1) is 12.9. The molecule has 1 N–H and O–H groups in total. The second-order valence-corrected chi connectivity index (χ2v) is 7.67. The summed E-state index contributed by atoms with van der Waals surface area (Å²) in [4.78, 5) is 21.4. The van der Waals surface area contributed by atoms with Crippen molar-refractivity contribution < 1.29 is 18.0 Å². The summed E-state index contributed by atoms with van der Waals surface area (Å²) in [6.07, 6.45) is 2.47. The first kappa shape index (κ1) is 17.7. The highest BCUT2D eigenvalue weighted by Crippen LogP contribution is 2.34. The maximum Gasteiger partial charge on any atom is 0.320 e. The van der Waals surface area contributed by atoms with E-state index in [1.807, 2.05) is 0 Å². The highest BCUT2D eigenvalue weighted by molar-refractivity contribution is 7.21. The molecule has 0 saturated heterocycles. The molecule has 0 fully saturated rings. The molecule has 0 bridgehead atoms. The van der Waals surface area contributed by atoms with E-state index in [-0.39, 0.29) is 11.0 Å². The van der Waals surface area contributed by atoms with E-state index in [1.54, 1.807) is 19.1 Å². The van der Waals surface area contributed by atoms with Gasteiger partial charge in [-0.15, -0.1) is 11.3 Å². The van der Waals surface area contributed by atoms with Crippen molar-refractivity contribution in [3.63, 3.8) is 0 Å². The van der Waals surface area contributed by atoms with Gasteiger partial charge in [-0.1, -0.05) is 17.4 Å². The number of thiazole rings is 1. The summed E-state index contributed by atoms with van der Waals surface area (Å²) < 4.78 is 41.3. The molecular formula is C17H11F3N4OS2. The van der Waals surface area contributed by atoms with Crippen LogP contribution in [0.3, 0.4) is 0 Å². The zero-order chi connectivity index (χ0) is 19.1. The lowest BCUT2D eigenvalue weighted by Gasteiger charge is -2.04. The number of alkyl halides is 2. The minimum absolute atomic E-state index is 0.0874. The smallest absolute Gasteiger partial charge is 0.297 e. The second kappa shape index (κ2) is 6.78. The van der Waals surface area contributed by atoms with Crippen molar-refractivity contribution in [2.45, 2.75) is 13.5 Å². The SMILES string of the molecule is Cc1nc(NC(=O)c2cc3c(F)cccc3s2)sc1-c1nccn1C(F)F. The molecule has 0 saturated carbocycles. The highest BCUT2D eigenvalue weighted by atomic mass is 32.1. The van der Waals surface area contributed by atoms with Crippen molar-refractivity contribution in [2.75, 3.05) is 5.32 Å². The topological polar surface area (TPSA) is 59.8 Å². The third-order valence-electron chi connectivity index (χ3n) is 3.83. The third kappa shape index (κ3) is 3.21. The van der Waals surface area contributed by atoms with E-state index in [0.717, 1.165) is 27.2 Å². The number of hydrogen-bond donors (Lipinski definition) is 1. The van der Waals surface area contributed by atoms with Gasteiger partial charge in [0.1, 0.15) is 5.82 Å². The van der Waals surface area contributed by atoms with Gasteiger partial charge in [-0.2, -0.15) is 8.78 Å². The van der Waals surface area contributed by atoms with Crippen molar-refractivity contribution in [1.82, 2.24) is 14.5 Å². The number of aryl methyl sites for hydroxylation is 1. The average Bonchev–Trinajstić information content (AvgIpc) is 3.32. The predicted octanol–water partition coefficient (Wildman–Crippen LogP) is 5.32. The molecule has 0 aliphatic rings. The van der Waals surface area contributed by atoms with Gasteiger partial charge in [0.2, 0.25) is 0 Å². The minimum atomic E-state index is -2.73. The summed E-state index contributed by atoms with van der Waals surface area (Å²) in [5.41, 5.74) is 0.478. The summed E-state index contributed by atoms with van der Waals surface area (Å²) in [5, 5.41) is 3.28. The molecule has 0 atom stereocenters. The zero-order valence-corrected chi connectivity index (χ0v) is 15.4. The summed E-state index contributed by atoms with van der Waals surface area (Å²) >= 11 is 2.22. The molecule has 4 aromatic rings. The van der Waals surface area contributed by atoms with Gasteiger partial charge in [0.05, 0.1) is 15.4 Å². The fourth-order valence-electron chi connectivity index (χ4n) is 2.60. The number of amides is 1. The van der Waals surface area contributed by atoms with Crippen LogP contribution >= 0.6 is 22.7 Å². The lowest BCUT2D eigenvalue weighted by Crippen LogP contribution is -2.09. The molecular weight excluding hydrogens is 397 g/mol. The van der Waals surface area contributed by atoms with E-state index in [9.17, 15) is 18.0 Å². The Hall–Kier alpha value is -2.72. The van der Waals surface area contributed by atoms with Gasteiger partial charge in [-0.3, -0.25) is 14.7 Å². The first-order valence-electron chi connectivity index (χ1n) is 7.72. The molecule has 0 radical (unpaired) electrons. The van der Waals surface area contributed by atoms with Crippen LogP contribution in [0.2, 0.25) is 0 Å². The van der Waals surface area contributed by atoms with E-state index in [1.165, 1.54) is 24.5 Å². The summed E-state index contributed by atoms with van der Waals surface area (Å²) in [6, 6.07) is 6.13. The maximum absolute atomic E-state index is 13.8. The molecule has 3 aromatic heterocycles. The molecule has 27 heavy (non-hydrogen) atoms. The zero-order valence-electron chi connectivity index (χ0n) is 13.7. The standard InChI is InChI=1S/C17H11F3N4OS2/c1-8-13(14-21-5-6-24(14)16(19)20)27-17(22-8)23-15(25)12-7-9-10(18)3-2-4-11(9)26-12/h2-7,16H,1H3,(H,22,23,25). The first-order valence-corrected chi connectivity index (χ1v) is 9.35. The van der Waals surface area contributed by atoms with Crippen LogP contribution in [0.4, 0.5) is 18.3 Å². The fraction of sp³-hybridized carbons (Fsp3) is 0.118. The van der Waals surface area contributed by atoms with Crippen LogP contribution in [0, 0.1) is 12.7 Å². The van der Waals surface area contributed by atoms with E-state index < -0.39 is 18.3 Å². The Balaban J connectivity index is 1.62. The Bertz CT molecular complexity index is 1150. The van der Waals surface area contributed by atoms with E-state index >= 15 is 0 Å². The van der Waals surface area contributed by atoms with E-state index in [0.29, 0.717) is 25.5 Å². The Morgan fingerprint density at radius 1 is 1.30 bits per heavy atom. The molecule has 4 rings (SSSR count). The van der Waals surface area contributed by atoms with Crippen molar-refractivity contribution in [3.05, 3.63) is 53.0 Å². The summed E-state index contributed by atoms with van der Waals surface area (Å²) in [5.74, 6) is -0.744. The number of aromatic nitrogens is 3. The van der Waals surface area contributed by atoms with Crippen LogP contribution in [-0.2, 0) is 0 Å². The number of thiophene rings is 1. The molecule has 10 heteroatoms. The van der Waals surface area contributed by atoms with Crippen LogP contribution in [-0.4, -0.2) is 20.4 Å². The van der Waals surface area contributed by atoms with Gasteiger partial charge in [0, 0.05) is 22.5 Å². The van der Waals surface area contributed by atoms with Crippen LogP contribution in [0.15, 0.2) is 36.7 Å². The van der Waals surface area contributed by atoms with Gasteiger partial charge in [-0.25, -0.2) is 14.4 Å². The second-order valence-electron chi connectivity index (χ2n) is 5.59. The number of hydrogen-bond acceptors (Lipinski definition) is 5. The molecule has 1 aromatic carbocycles. The monoisotopic (exact) mass is 408 g/mol. The molecule has 5 nitrogen and oxygen atoms in total. The van der Waals surface area contributed by atoms with Crippen molar-refractivity contribution in [2.24, 2.45) is 0 Å². The summed E-state index contributed by atoms with van der Waals surface area (Å²) in [7, 11) is 0. The number of carbonyl (C=O) groups excluding carboxylic acids is 1. The number of rotatable bonds is 4.